The monoisotopic (exact) mass is 333 g/mol. The molecule has 0 aliphatic heterocycles. The minimum Gasteiger partial charge on any atom is -0.395 e. The largest absolute Gasteiger partial charge is 0.395 e. The zero-order valence-corrected chi connectivity index (χ0v) is 12.5. The molecule has 0 bridgehead atoms. The molecule has 1 aliphatic rings. The number of aryl methyl sites for hydroxylation is 1. The quantitative estimate of drug-likeness (QED) is 0.895. The highest BCUT2D eigenvalue weighted by Gasteiger charge is 2.38. The van der Waals surface area contributed by atoms with Gasteiger partial charge >= 0.3 is 0 Å². The van der Waals surface area contributed by atoms with Crippen LogP contribution in [0, 0.1) is 6.92 Å². The van der Waals surface area contributed by atoms with Crippen LogP contribution in [0.15, 0.2) is 27.6 Å². The van der Waals surface area contributed by atoms with E-state index in [1.54, 1.807) is 18.2 Å². The average molecular weight is 334 g/mol. The van der Waals surface area contributed by atoms with Gasteiger partial charge in [0.25, 0.3) is 0 Å². The summed E-state index contributed by atoms with van der Waals surface area (Å²) in [6.45, 7) is 1.92. The topological polar surface area (TPSA) is 57.6 Å². The van der Waals surface area contributed by atoms with Gasteiger partial charge in [0.15, 0.2) is 0 Å². The number of hydrogen-bond acceptors (Lipinski definition) is 3. The van der Waals surface area contributed by atoms with Crippen LogP contribution in [0.1, 0.15) is 18.4 Å². The number of aliphatic hydroxyl groups excluding tert-OH is 1. The van der Waals surface area contributed by atoms with Crippen LogP contribution in [0.4, 0.5) is 0 Å². The highest BCUT2D eigenvalue weighted by atomic mass is 79.9. The molecule has 100 valence electrons. The van der Waals surface area contributed by atoms with E-state index in [4.69, 9.17) is 5.11 Å². The van der Waals surface area contributed by atoms with Crippen molar-refractivity contribution < 1.29 is 13.5 Å². The Morgan fingerprint density at radius 2 is 2.11 bits per heavy atom. The second-order valence-electron chi connectivity index (χ2n) is 4.50. The molecule has 2 rings (SSSR count). The van der Waals surface area contributed by atoms with Gasteiger partial charge in [0.2, 0.25) is 10.0 Å². The SMILES string of the molecule is Cc1ccc(S(=O)(=O)N(CCO)C2CC2)c(Br)c1. The van der Waals surface area contributed by atoms with Crippen LogP contribution in [0.5, 0.6) is 0 Å². The number of sulfonamides is 1. The van der Waals surface area contributed by atoms with E-state index in [0.717, 1.165) is 18.4 Å². The molecule has 0 atom stereocenters. The maximum absolute atomic E-state index is 12.5. The molecule has 1 saturated carbocycles. The van der Waals surface area contributed by atoms with Crippen LogP contribution in [0.25, 0.3) is 0 Å². The molecule has 0 aromatic heterocycles. The number of halogens is 1. The number of rotatable bonds is 5. The molecule has 1 N–H and O–H groups in total. The fraction of sp³-hybridized carbons (Fsp3) is 0.500. The van der Waals surface area contributed by atoms with Crippen LogP contribution in [-0.4, -0.2) is 37.0 Å². The lowest BCUT2D eigenvalue weighted by molar-refractivity contribution is 0.250. The Hall–Kier alpha value is -0.430. The molecule has 1 aromatic rings. The van der Waals surface area contributed by atoms with Crippen molar-refractivity contribution in [2.24, 2.45) is 0 Å². The predicted octanol–water partition coefficient (Wildman–Crippen LogP) is 1.90. The number of benzene rings is 1. The third kappa shape index (κ3) is 2.77. The minimum absolute atomic E-state index is 0.0513. The van der Waals surface area contributed by atoms with E-state index in [9.17, 15) is 8.42 Å². The third-order valence-electron chi connectivity index (χ3n) is 2.95. The summed E-state index contributed by atoms with van der Waals surface area (Å²) >= 11 is 3.30. The zero-order valence-electron chi connectivity index (χ0n) is 10.1. The van der Waals surface area contributed by atoms with E-state index in [1.165, 1.54) is 4.31 Å². The van der Waals surface area contributed by atoms with Crippen molar-refractivity contribution in [3.8, 4) is 0 Å². The normalized spacial score (nSPS) is 16.2. The molecule has 0 heterocycles. The van der Waals surface area contributed by atoms with Gasteiger partial charge in [0, 0.05) is 17.1 Å². The van der Waals surface area contributed by atoms with Gasteiger partial charge in [-0.05, 0) is 53.4 Å². The molecule has 1 aliphatic carbocycles. The average Bonchev–Trinajstić information content (AvgIpc) is 3.08. The summed E-state index contributed by atoms with van der Waals surface area (Å²) in [5.74, 6) is 0. The molecule has 0 unspecified atom stereocenters. The summed E-state index contributed by atoms with van der Waals surface area (Å²) in [4.78, 5) is 0.272. The van der Waals surface area contributed by atoms with Crippen molar-refractivity contribution >= 4 is 26.0 Å². The Morgan fingerprint density at radius 1 is 1.44 bits per heavy atom. The van der Waals surface area contributed by atoms with E-state index in [-0.39, 0.29) is 24.1 Å². The van der Waals surface area contributed by atoms with Gasteiger partial charge in [-0.2, -0.15) is 4.31 Å². The summed E-state index contributed by atoms with van der Waals surface area (Å²) in [6, 6.07) is 5.23. The Bertz CT molecular complexity index is 540. The second kappa shape index (κ2) is 5.28. The predicted molar refractivity (Wildman–Crippen MR) is 72.9 cm³/mol. The lowest BCUT2D eigenvalue weighted by Crippen LogP contribution is -2.35. The van der Waals surface area contributed by atoms with E-state index in [2.05, 4.69) is 15.9 Å². The molecule has 6 heteroatoms. The van der Waals surface area contributed by atoms with E-state index >= 15 is 0 Å². The molecule has 18 heavy (non-hydrogen) atoms. The molecule has 0 spiro atoms. The summed E-state index contributed by atoms with van der Waals surface area (Å²) in [5.41, 5.74) is 1.00. The molecule has 0 saturated heterocycles. The molecular weight excluding hydrogens is 318 g/mol. The maximum atomic E-state index is 12.5. The van der Waals surface area contributed by atoms with Gasteiger partial charge in [-0.15, -0.1) is 0 Å². The van der Waals surface area contributed by atoms with Crippen LogP contribution in [0.2, 0.25) is 0 Å². The van der Waals surface area contributed by atoms with E-state index < -0.39 is 10.0 Å². The Morgan fingerprint density at radius 3 is 2.61 bits per heavy atom. The summed E-state index contributed by atoms with van der Waals surface area (Å²) < 4.78 is 27.0. The van der Waals surface area contributed by atoms with Crippen LogP contribution < -0.4 is 0 Å². The van der Waals surface area contributed by atoms with Gasteiger partial charge in [0.1, 0.15) is 0 Å². The fourth-order valence-electron chi connectivity index (χ4n) is 1.90. The van der Waals surface area contributed by atoms with E-state index in [0.29, 0.717) is 4.47 Å². The Balaban J connectivity index is 2.39. The van der Waals surface area contributed by atoms with Crippen LogP contribution in [0.3, 0.4) is 0 Å². The zero-order chi connectivity index (χ0) is 13.3. The highest BCUT2D eigenvalue weighted by molar-refractivity contribution is 9.10. The Labute approximate surface area is 116 Å². The second-order valence-corrected chi connectivity index (χ2v) is 7.22. The minimum atomic E-state index is -3.52. The molecule has 4 nitrogen and oxygen atoms in total. The smallest absolute Gasteiger partial charge is 0.244 e. The van der Waals surface area contributed by atoms with Gasteiger partial charge in [-0.1, -0.05) is 6.07 Å². The third-order valence-corrected chi connectivity index (χ3v) is 5.88. The molecule has 0 amide bonds. The first-order chi connectivity index (χ1) is 8.46. The first kappa shape index (κ1) is 14.0. The summed E-state index contributed by atoms with van der Waals surface area (Å²) in [5, 5.41) is 9.02. The van der Waals surface area contributed by atoms with Gasteiger partial charge in [-0.3, -0.25) is 0 Å². The van der Waals surface area contributed by atoms with Crippen molar-refractivity contribution in [3.63, 3.8) is 0 Å². The lowest BCUT2D eigenvalue weighted by Gasteiger charge is -2.21. The molecule has 1 fully saturated rings. The first-order valence-corrected chi connectivity index (χ1v) is 8.09. The summed E-state index contributed by atoms with van der Waals surface area (Å²) in [6.07, 6.45) is 1.76. The Kier molecular flexibility index (Phi) is 4.11. The lowest BCUT2D eigenvalue weighted by atomic mass is 10.2. The number of aliphatic hydroxyl groups is 1. The maximum Gasteiger partial charge on any atom is 0.244 e. The highest BCUT2D eigenvalue weighted by Crippen LogP contribution is 2.34. The molecule has 1 aromatic carbocycles. The fourth-order valence-corrected chi connectivity index (χ4v) is 4.73. The molecule has 0 radical (unpaired) electrons. The van der Waals surface area contributed by atoms with Crippen molar-refractivity contribution in [1.82, 2.24) is 4.31 Å². The van der Waals surface area contributed by atoms with Gasteiger partial charge in [-0.25, -0.2) is 8.42 Å². The van der Waals surface area contributed by atoms with Gasteiger partial charge in [0.05, 0.1) is 11.5 Å². The van der Waals surface area contributed by atoms with Crippen molar-refractivity contribution in [3.05, 3.63) is 28.2 Å². The first-order valence-electron chi connectivity index (χ1n) is 5.85. The van der Waals surface area contributed by atoms with Crippen LogP contribution in [-0.2, 0) is 10.0 Å². The van der Waals surface area contributed by atoms with Crippen LogP contribution >= 0.6 is 15.9 Å². The van der Waals surface area contributed by atoms with Crippen molar-refractivity contribution in [2.45, 2.75) is 30.7 Å². The summed E-state index contributed by atoms with van der Waals surface area (Å²) in [7, 11) is -3.52. The number of hydrogen-bond donors (Lipinski definition) is 1. The van der Waals surface area contributed by atoms with E-state index in [1.807, 2.05) is 6.92 Å². The molecular formula is C12H16BrNO3S. The standard InChI is InChI=1S/C12H16BrNO3S/c1-9-2-5-12(11(13)8-9)18(16,17)14(6-7-15)10-3-4-10/h2,5,8,10,15H,3-4,6-7H2,1H3. The number of nitrogens with zero attached hydrogens (tertiary/aromatic N) is 1. The van der Waals surface area contributed by atoms with Gasteiger partial charge < -0.3 is 5.11 Å². The van der Waals surface area contributed by atoms with Crippen molar-refractivity contribution in [2.75, 3.05) is 13.2 Å². The van der Waals surface area contributed by atoms with Crippen molar-refractivity contribution in [1.29, 1.82) is 0 Å².